The van der Waals surface area contributed by atoms with Crippen molar-refractivity contribution >= 4 is 34.9 Å². The number of anilines is 1. The Morgan fingerprint density at radius 2 is 1.74 bits per heavy atom. The van der Waals surface area contributed by atoms with Gasteiger partial charge in [0.05, 0.1) is 0 Å². The fourth-order valence-corrected chi connectivity index (χ4v) is 4.82. The molecule has 3 aromatic rings. The Balaban J connectivity index is 1.39. The Labute approximate surface area is 208 Å². The lowest BCUT2D eigenvalue weighted by Crippen LogP contribution is -2.49. The second kappa shape index (κ2) is 9.51. The first kappa shape index (κ1) is 23.1. The Morgan fingerprint density at radius 3 is 2.38 bits per heavy atom. The van der Waals surface area contributed by atoms with Gasteiger partial charge in [0.15, 0.2) is 0 Å². The summed E-state index contributed by atoms with van der Waals surface area (Å²) in [6.45, 7) is 4.49. The number of aryl methyl sites for hydroxylation is 1. The van der Waals surface area contributed by atoms with Crippen LogP contribution in [0.5, 0.6) is 0 Å². The van der Waals surface area contributed by atoms with E-state index in [1.54, 1.807) is 6.07 Å². The summed E-state index contributed by atoms with van der Waals surface area (Å²) in [5.41, 5.74) is 3.49. The summed E-state index contributed by atoms with van der Waals surface area (Å²) in [5.74, 6) is 1.84. The summed E-state index contributed by atoms with van der Waals surface area (Å²) >= 11 is 12.6. The smallest absolute Gasteiger partial charge is 0.253 e. The van der Waals surface area contributed by atoms with Gasteiger partial charge in [0, 0.05) is 65.4 Å². The molecule has 2 aromatic carbocycles. The fraction of sp³-hybridized carbons (Fsp3) is 0.346. The van der Waals surface area contributed by atoms with Gasteiger partial charge in [-0.25, -0.2) is 14.4 Å². The molecule has 0 unspecified atom stereocenters. The second-order valence-electron chi connectivity index (χ2n) is 8.94. The van der Waals surface area contributed by atoms with E-state index in [9.17, 15) is 9.18 Å². The van der Waals surface area contributed by atoms with Crippen LogP contribution in [0.15, 0.2) is 42.5 Å². The van der Waals surface area contributed by atoms with Crippen LogP contribution >= 0.6 is 23.2 Å². The van der Waals surface area contributed by atoms with Crippen LogP contribution < -0.4 is 4.90 Å². The van der Waals surface area contributed by atoms with Crippen LogP contribution in [0.4, 0.5) is 10.2 Å². The summed E-state index contributed by atoms with van der Waals surface area (Å²) in [6.07, 6.45) is 2.86. The van der Waals surface area contributed by atoms with Crippen molar-refractivity contribution in [2.75, 3.05) is 31.1 Å². The third-order valence-electron chi connectivity index (χ3n) is 6.49. The van der Waals surface area contributed by atoms with Gasteiger partial charge < -0.3 is 9.80 Å². The number of rotatable bonds is 5. The lowest BCUT2D eigenvalue weighted by Gasteiger charge is -2.36. The monoisotopic (exact) mass is 498 g/mol. The standard InChI is InChI=1S/C26H25Cl2FN4O/c1-16-22(14-19-4-7-20(27)15-23(19)28)25(31-24(30-16)17-2-3-17)32-10-12-33(13-11-32)26(34)18-5-8-21(29)9-6-18/h4-9,15,17H,2-3,10-14H2,1H3. The molecule has 1 amide bonds. The van der Waals surface area contributed by atoms with Gasteiger partial charge in [-0.1, -0.05) is 29.3 Å². The van der Waals surface area contributed by atoms with E-state index in [0.29, 0.717) is 54.1 Å². The van der Waals surface area contributed by atoms with Gasteiger partial charge in [0.1, 0.15) is 17.5 Å². The van der Waals surface area contributed by atoms with E-state index in [4.69, 9.17) is 33.2 Å². The van der Waals surface area contributed by atoms with Crippen molar-refractivity contribution in [3.8, 4) is 0 Å². The number of benzene rings is 2. The van der Waals surface area contributed by atoms with Gasteiger partial charge in [-0.3, -0.25) is 4.79 Å². The van der Waals surface area contributed by atoms with Crippen molar-refractivity contribution in [1.29, 1.82) is 0 Å². The normalized spacial score (nSPS) is 16.1. The van der Waals surface area contributed by atoms with Crippen LogP contribution in [0.3, 0.4) is 0 Å². The maximum Gasteiger partial charge on any atom is 0.253 e. The van der Waals surface area contributed by atoms with Crippen LogP contribution in [0.1, 0.15) is 51.8 Å². The Bertz CT molecular complexity index is 1220. The minimum atomic E-state index is -0.347. The maximum absolute atomic E-state index is 13.2. The zero-order valence-electron chi connectivity index (χ0n) is 18.9. The predicted octanol–water partition coefficient (Wildman–Crippen LogP) is 5.66. The molecule has 2 fully saturated rings. The summed E-state index contributed by atoms with van der Waals surface area (Å²) in [6, 6.07) is 11.3. The molecule has 1 aliphatic heterocycles. The van der Waals surface area contributed by atoms with E-state index in [-0.39, 0.29) is 11.7 Å². The third kappa shape index (κ3) is 4.89. The van der Waals surface area contributed by atoms with Crippen LogP contribution in [0.2, 0.25) is 10.0 Å². The van der Waals surface area contributed by atoms with Crippen LogP contribution in [-0.2, 0) is 6.42 Å². The van der Waals surface area contributed by atoms with Gasteiger partial charge in [0.25, 0.3) is 5.91 Å². The van der Waals surface area contributed by atoms with E-state index in [0.717, 1.165) is 41.3 Å². The van der Waals surface area contributed by atoms with Gasteiger partial charge in [0.2, 0.25) is 0 Å². The largest absolute Gasteiger partial charge is 0.353 e. The third-order valence-corrected chi connectivity index (χ3v) is 7.08. The number of hydrogen-bond acceptors (Lipinski definition) is 4. The maximum atomic E-state index is 13.2. The van der Waals surface area contributed by atoms with E-state index >= 15 is 0 Å². The molecular formula is C26H25Cl2FN4O. The predicted molar refractivity (Wildman–Crippen MR) is 133 cm³/mol. The molecule has 0 bridgehead atoms. The van der Waals surface area contributed by atoms with E-state index in [2.05, 4.69) is 4.90 Å². The molecule has 34 heavy (non-hydrogen) atoms. The molecule has 0 radical (unpaired) electrons. The number of halogens is 3. The molecule has 5 nitrogen and oxygen atoms in total. The van der Waals surface area contributed by atoms with Gasteiger partial charge >= 0.3 is 0 Å². The number of amides is 1. The van der Waals surface area contributed by atoms with E-state index in [1.807, 2.05) is 24.0 Å². The molecule has 1 saturated heterocycles. The molecule has 0 spiro atoms. The van der Waals surface area contributed by atoms with E-state index < -0.39 is 0 Å². The van der Waals surface area contributed by atoms with E-state index in [1.165, 1.54) is 24.3 Å². The minimum Gasteiger partial charge on any atom is -0.353 e. The number of nitrogens with zero attached hydrogens (tertiary/aromatic N) is 4. The van der Waals surface area contributed by atoms with Crippen molar-refractivity contribution in [1.82, 2.24) is 14.9 Å². The quantitative estimate of drug-likeness (QED) is 0.455. The Hall–Kier alpha value is -2.70. The summed E-state index contributed by atoms with van der Waals surface area (Å²) < 4.78 is 13.2. The zero-order chi connectivity index (χ0) is 23.8. The average Bonchev–Trinajstić information content (AvgIpc) is 3.67. The molecule has 5 rings (SSSR count). The molecule has 2 heterocycles. The number of carbonyl (C=O) groups excluding carboxylic acids is 1. The van der Waals surface area contributed by atoms with Crippen molar-refractivity contribution < 1.29 is 9.18 Å². The second-order valence-corrected chi connectivity index (χ2v) is 9.79. The van der Waals surface area contributed by atoms with Gasteiger partial charge in [-0.15, -0.1) is 0 Å². The first-order valence-corrected chi connectivity index (χ1v) is 12.3. The first-order chi connectivity index (χ1) is 16.4. The molecule has 8 heteroatoms. The van der Waals surface area contributed by atoms with Crippen LogP contribution in [-0.4, -0.2) is 47.0 Å². The average molecular weight is 499 g/mol. The highest BCUT2D eigenvalue weighted by molar-refractivity contribution is 6.35. The Morgan fingerprint density at radius 1 is 1.03 bits per heavy atom. The number of hydrogen-bond donors (Lipinski definition) is 0. The number of aromatic nitrogens is 2. The summed E-state index contributed by atoms with van der Waals surface area (Å²) in [5, 5.41) is 1.23. The lowest BCUT2D eigenvalue weighted by molar-refractivity contribution is 0.0746. The van der Waals surface area contributed by atoms with Crippen molar-refractivity contribution in [3.63, 3.8) is 0 Å². The molecule has 2 aliphatic rings. The van der Waals surface area contributed by atoms with Gasteiger partial charge in [-0.2, -0.15) is 0 Å². The minimum absolute atomic E-state index is 0.0784. The highest BCUT2D eigenvalue weighted by Crippen LogP contribution is 2.40. The highest BCUT2D eigenvalue weighted by Gasteiger charge is 2.31. The number of carbonyl (C=O) groups is 1. The molecule has 1 aromatic heterocycles. The Kier molecular flexibility index (Phi) is 6.45. The lowest BCUT2D eigenvalue weighted by atomic mass is 10.0. The molecular weight excluding hydrogens is 474 g/mol. The molecule has 1 saturated carbocycles. The molecule has 176 valence electrons. The van der Waals surface area contributed by atoms with Crippen molar-refractivity contribution in [3.05, 3.63) is 86.5 Å². The zero-order valence-corrected chi connectivity index (χ0v) is 20.4. The molecule has 0 atom stereocenters. The summed E-state index contributed by atoms with van der Waals surface area (Å²) in [7, 11) is 0. The molecule has 1 aliphatic carbocycles. The van der Waals surface area contributed by atoms with Crippen LogP contribution in [0, 0.1) is 12.7 Å². The van der Waals surface area contributed by atoms with Crippen molar-refractivity contribution in [2.45, 2.75) is 32.1 Å². The SMILES string of the molecule is Cc1nc(C2CC2)nc(N2CCN(C(=O)c3ccc(F)cc3)CC2)c1Cc1ccc(Cl)cc1Cl. The summed E-state index contributed by atoms with van der Waals surface area (Å²) in [4.78, 5) is 26.7. The highest BCUT2D eigenvalue weighted by atomic mass is 35.5. The number of piperazine rings is 1. The topological polar surface area (TPSA) is 49.3 Å². The molecule has 0 N–H and O–H groups in total. The van der Waals surface area contributed by atoms with Crippen LogP contribution in [0.25, 0.3) is 0 Å². The van der Waals surface area contributed by atoms with Crippen molar-refractivity contribution in [2.24, 2.45) is 0 Å². The first-order valence-electron chi connectivity index (χ1n) is 11.5. The van der Waals surface area contributed by atoms with Gasteiger partial charge in [-0.05, 0) is 61.7 Å². The fourth-order valence-electron chi connectivity index (χ4n) is 4.35.